The number of esters is 1. The van der Waals surface area contributed by atoms with Crippen LogP contribution in [0.4, 0.5) is 11.4 Å². The molecule has 0 radical (unpaired) electrons. The Hall–Kier alpha value is -3.51. The summed E-state index contributed by atoms with van der Waals surface area (Å²) < 4.78 is 11.2. The number of hydrogen-bond donors (Lipinski definition) is 0. The number of nitrogens with zero attached hydrogens (tertiary/aromatic N) is 3. The van der Waals surface area contributed by atoms with E-state index in [-0.39, 0.29) is 24.0 Å². The van der Waals surface area contributed by atoms with Crippen molar-refractivity contribution in [2.75, 3.05) is 13.7 Å². The van der Waals surface area contributed by atoms with Crippen LogP contribution in [0.5, 0.6) is 5.75 Å². The van der Waals surface area contributed by atoms with Crippen LogP contribution in [0, 0.1) is 5.92 Å². The summed E-state index contributed by atoms with van der Waals surface area (Å²) in [4.78, 5) is 14.9. The third-order valence-corrected chi connectivity index (χ3v) is 6.21. The Morgan fingerprint density at radius 1 is 1.00 bits per heavy atom. The minimum Gasteiger partial charge on any atom is -0.493 e. The predicted octanol–water partition coefficient (Wildman–Crippen LogP) is 5.60. The van der Waals surface area contributed by atoms with Gasteiger partial charge in [0.15, 0.2) is 0 Å². The Morgan fingerprint density at radius 2 is 1.72 bits per heavy atom. The van der Waals surface area contributed by atoms with E-state index in [0.29, 0.717) is 19.6 Å². The van der Waals surface area contributed by atoms with Gasteiger partial charge in [0.1, 0.15) is 11.8 Å². The van der Waals surface area contributed by atoms with Crippen LogP contribution in [0.3, 0.4) is 0 Å². The SMILES string of the molecule is COC(=O)[C@H]1C[C@@H]2COc3ccc(N=Nc4ccccc4)cc3[C@@H]2N1Cc1ccccc1. The second kappa shape index (κ2) is 8.93. The minimum absolute atomic E-state index is 0.0509. The highest BCUT2D eigenvalue weighted by Crippen LogP contribution is 2.49. The first kappa shape index (κ1) is 20.4. The quantitative estimate of drug-likeness (QED) is 0.393. The Kier molecular flexibility index (Phi) is 5.69. The number of ether oxygens (including phenoxy) is 2. The highest BCUT2D eigenvalue weighted by atomic mass is 16.5. The van der Waals surface area contributed by atoms with Crippen LogP contribution in [0.1, 0.15) is 23.6 Å². The molecule has 0 amide bonds. The molecule has 6 nitrogen and oxygen atoms in total. The molecule has 6 heteroatoms. The second-order valence-corrected chi connectivity index (χ2v) is 8.21. The van der Waals surface area contributed by atoms with Gasteiger partial charge in [-0.1, -0.05) is 48.5 Å². The highest BCUT2D eigenvalue weighted by Gasteiger charge is 2.48. The fourth-order valence-electron chi connectivity index (χ4n) is 4.75. The van der Waals surface area contributed by atoms with Crippen molar-refractivity contribution >= 4 is 17.3 Å². The third kappa shape index (κ3) is 4.01. The van der Waals surface area contributed by atoms with Crippen LogP contribution in [-0.4, -0.2) is 30.6 Å². The van der Waals surface area contributed by atoms with Crippen LogP contribution in [0.2, 0.25) is 0 Å². The first-order chi connectivity index (χ1) is 15.7. The number of hydrogen-bond acceptors (Lipinski definition) is 6. The molecule has 3 aromatic rings. The van der Waals surface area contributed by atoms with Gasteiger partial charge in [0, 0.05) is 24.1 Å². The summed E-state index contributed by atoms with van der Waals surface area (Å²) in [7, 11) is 1.46. The molecule has 162 valence electrons. The van der Waals surface area contributed by atoms with Crippen molar-refractivity contribution in [1.29, 1.82) is 0 Å². The zero-order valence-corrected chi connectivity index (χ0v) is 17.9. The lowest BCUT2D eigenvalue weighted by Gasteiger charge is -2.35. The van der Waals surface area contributed by atoms with Crippen molar-refractivity contribution in [2.45, 2.75) is 25.0 Å². The Balaban J connectivity index is 1.49. The molecule has 2 heterocycles. The van der Waals surface area contributed by atoms with Gasteiger partial charge in [-0.3, -0.25) is 9.69 Å². The molecule has 0 saturated carbocycles. The maximum absolute atomic E-state index is 12.7. The number of carbonyl (C=O) groups is 1. The van der Waals surface area contributed by atoms with Gasteiger partial charge in [0.2, 0.25) is 0 Å². The van der Waals surface area contributed by atoms with Gasteiger partial charge in [-0.15, -0.1) is 0 Å². The maximum atomic E-state index is 12.7. The Bertz CT molecular complexity index is 1120. The molecular weight excluding hydrogens is 402 g/mol. The first-order valence-electron chi connectivity index (χ1n) is 10.8. The van der Waals surface area contributed by atoms with E-state index in [4.69, 9.17) is 9.47 Å². The molecule has 0 N–H and O–H groups in total. The lowest BCUT2D eigenvalue weighted by Crippen LogP contribution is -2.38. The number of likely N-dealkylation sites (tertiary alicyclic amines) is 1. The summed E-state index contributed by atoms with van der Waals surface area (Å²) in [6.07, 6.45) is 0.708. The van der Waals surface area contributed by atoms with Crippen molar-refractivity contribution in [3.05, 3.63) is 90.0 Å². The van der Waals surface area contributed by atoms with E-state index in [2.05, 4.69) is 27.3 Å². The van der Waals surface area contributed by atoms with Gasteiger partial charge >= 0.3 is 5.97 Å². The zero-order valence-electron chi connectivity index (χ0n) is 17.9. The molecule has 0 aliphatic carbocycles. The monoisotopic (exact) mass is 427 g/mol. The lowest BCUT2D eigenvalue weighted by atomic mass is 9.90. The number of rotatable bonds is 5. The summed E-state index contributed by atoms with van der Waals surface area (Å²) >= 11 is 0. The minimum atomic E-state index is -0.306. The zero-order chi connectivity index (χ0) is 21.9. The molecule has 0 unspecified atom stereocenters. The van der Waals surface area contributed by atoms with Gasteiger partial charge in [-0.2, -0.15) is 10.2 Å². The molecule has 5 rings (SSSR count). The van der Waals surface area contributed by atoms with E-state index >= 15 is 0 Å². The van der Waals surface area contributed by atoms with Crippen molar-refractivity contribution < 1.29 is 14.3 Å². The van der Waals surface area contributed by atoms with E-state index < -0.39 is 0 Å². The largest absolute Gasteiger partial charge is 0.493 e. The van der Waals surface area contributed by atoms with Gasteiger partial charge < -0.3 is 9.47 Å². The molecule has 3 aromatic carbocycles. The number of fused-ring (bicyclic) bond motifs is 3. The summed E-state index contributed by atoms with van der Waals surface area (Å²) in [6.45, 7) is 1.25. The van der Waals surface area contributed by atoms with E-state index in [0.717, 1.165) is 28.3 Å². The van der Waals surface area contributed by atoms with Gasteiger partial charge in [-0.05, 0) is 42.3 Å². The van der Waals surface area contributed by atoms with Gasteiger partial charge in [0.05, 0.1) is 25.1 Å². The van der Waals surface area contributed by atoms with E-state index in [1.807, 2.05) is 66.7 Å². The molecule has 3 atom stereocenters. The van der Waals surface area contributed by atoms with Crippen LogP contribution in [0.15, 0.2) is 89.1 Å². The van der Waals surface area contributed by atoms with Gasteiger partial charge in [-0.25, -0.2) is 0 Å². The summed E-state index contributed by atoms with van der Waals surface area (Å²) in [5, 5.41) is 8.79. The molecule has 32 heavy (non-hydrogen) atoms. The summed E-state index contributed by atoms with van der Waals surface area (Å²) in [5.41, 5.74) is 3.78. The van der Waals surface area contributed by atoms with Crippen LogP contribution >= 0.6 is 0 Å². The topological polar surface area (TPSA) is 63.5 Å². The van der Waals surface area contributed by atoms with Crippen LogP contribution in [0.25, 0.3) is 0 Å². The maximum Gasteiger partial charge on any atom is 0.323 e. The smallest absolute Gasteiger partial charge is 0.323 e. The highest BCUT2D eigenvalue weighted by molar-refractivity contribution is 5.76. The molecule has 0 bridgehead atoms. The van der Waals surface area contributed by atoms with E-state index in [9.17, 15) is 4.79 Å². The van der Waals surface area contributed by atoms with E-state index in [1.54, 1.807) is 0 Å². The number of azo groups is 1. The Morgan fingerprint density at radius 3 is 2.47 bits per heavy atom. The molecule has 1 saturated heterocycles. The Labute approximate surface area is 187 Å². The van der Waals surface area contributed by atoms with Crippen LogP contribution < -0.4 is 4.74 Å². The van der Waals surface area contributed by atoms with Crippen molar-refractivity contribution in [1.82, 2.24) is 4.90 Å². The average molecular weight is 428 g/mol. The number of carbonyl (C=O) groups excluding carboxylic acids is 1. The standard InChI is InChI=1S/C26H25N3O3/c1-31-26(30)23-14-19-17-32-24-13-12-21(28-27-20-10-6-3-7-11-20)15-22(24)25(19)29(23)16-18-8-4-2-5-9-18/h2-13,15,19,23,25H,14,16-17H2,1H3/t19-,23-,25-/m1/s1. The van der Waals surface area contributed by atoms with E-state index in [1.165, 1.54) is 7.11 Å². The fraction of sp³-hybridized carbons (Fsp3) is 0.269. The molecule has 2 aliphatic rings. The summed E-state index contributed by atoms with van der Waals surface area (Å²) in [6, 6.07) is 25.5. The molecule has 0 spiro atoms. The second-order valence-electron chi connectivity index (χ2n) is 8.21. The molecule has 1 fully saturated rings. The third-order valence-electron chi connectivity index (χ3n) is 6.21. The van der Waals surface area contributed by atoms with Crippen molar-refractivity contribution in [2.24, 2.45) is 16.1 Å². The predicted molar refractivity (Wildman–Crippen MR) is 121 cm³/mol. The molecule has 2 aliphatic heterocycles. The average Bonchev–Trinajstić information content (AvgIpc) is 3.22. The van der Waals surface area contributed by atoms with Crippen molar-refractivity contribution in [3.63, 3.8) is 0 Å². The van der Waals surface area contributed by atoms with Crippen LogP contribution in [-0.2, 0) is 16.1 Å². The number of benzene rings is 3. The lowest BCUT2D eigenvalue weighted by molar-refractivity contribution is -0.146. The molecule has 0 aromatic heterocycles. The molecular formula is C26H25N3O3. The van der Waals surface area contributed by atoms with Gasteiger partial charge in [0.25, 0.3) is 0 Å². The van der Waals surface area contributed by atoms with Crippen molar-refractivity contribution in [3.8, 4) is 5.75 Å². The summed E-state index contributed by atoms with van der Waals surface area (Å²) in [5.74, 6) is 0.849. The number of methoxy groups -OCH3 is 1. The fourth-order valence-corrected chi connectivity index (χ4v) is 4.75. The first-order valence-corrected chi connectivity index (χ1v) is 10.8. The normalized spacial score (nSPS) is 22.2.